The predicted molar refractivity (Wildman–Crippen MR) is 87.8 cm³/mol. The molecular weight excluding hydrogens is 483 g/mol. The van der Waals surface area contributed by atoms with Gasteiger partial charge in [-0.2, -0.15) is 47.9 Å². The molecule has 0 unspecified atom stereocenters. The van der Waals surface area contributed by atoms with E-state index in [0.29, 0.717) is 13.2 Å². The Kier molecular flexibility index (Phi) is 9.39. The first-order valence-electron chi connectivity index (χ1n) is 7.14. The van der Waals surface area contributed by atoms with E-state index in [-0.39, 0.29) is 0 Å². The molecule has 5 nitrogen and oxygen atoms in total. The van der Waals surface area contributed by atoms with Crippen molar-refractivity contribution >= 4 is 22.7 Å². The van der Waals surface area contributed by atoms with Crippen molar-refractivity contribution in [1.82, 2.24) is 0 Å². The minimum Gasteiger partial charge on any atom is -0.498 e. The van der Waals surface area contributed by atoms with Crippen molar-refractivity contribution in [2.75, 3.05) is 13.2 Å². The average Bonchev–Trinajstić information content (AvgIpc) is 2.58. The monoisotopic (exact) mass is 496 g/mol. The zero-order valence-electron chi connectivity index (χ0n) is 14.3. The first kappa shape index (κ1) is 28.2. The van der Waals surface area contributed by atoms with Crippen LogP contribution in [0.1, 0.15) is 0 Å². The number of benzene rings is 1. The molecule has 0 atom stereocenters. The standard InChI is InChI=1S/C10H12O2S.C4HF9O3S/c1-2-11-7-8-12-9-3-5-10(13)6-4-9;5-1(6,3(9,10)11)2(7,8)4(12,13)17(14,15)16/h2-6,13H,1,7-8H2;(H,14,15,16). The van der Waals surface area contributed by atoms with Crippen LogP contribution in [0.15, 0.2) is 42.0 Å². The Labute approximate surface area is 169 Å². The second-order valence-electron chi connectivity index (χ2n) is 5.02. The summed E-state index contributed by atoms with van der Waals surface area (Å²) in [5, 5.41) is -7.00. The molecule has 16 heteroatoms. The van der Waals surface area contributed by atoms with Crippen molar-refractivity contribution in [1.29, 1.82) is 0 Å². The smallest absolute Gasteiger partial charge is 0.460 e. The highest BCUT2D eigenvalue weighted by Crippen LogP contribution is 2.54. The highest BCUT2D eigenvalue weighted by atomic mass is 32.2. The van der Waals surface area contributed by atoms with Crippen LogP contribution in [0.4, 0.5) is 39.5 Å². The van der Waals surface area contributed by atoms with Crippen molar-refractivity contribution in [2.24, 2.45) is 0 Å². The lowest BCUT2D eigenvalue weighted by Gasteiger charge is -2.31. The van der Waals surface area contributed by atoms with Gasteiger partial charge in [0.1, 0.15) is 19.0 Å². The molecule has 0 fully saturated rings. The van der Waals surface area contributed by atoms with Crippen LogP contribution in [0.3, 0.4) is 0 Å². The number of thiol groups is 1. The van der Waals surface area contributed by atoms with Gasteiger partial charge in [0.25, 0.3) is 0 Å². The average molecular weight is 496 g/mol. The molecule has 30 heavy (non-hydrogen) atoms. The molecule has 174 valence electrons. The van der Waals surface area contributed by atoms with Gasteiger partial charge in [-0.15, -0.1) is 12.6 Å². The van der Waals surface area contributed by atoms with E-state index in [2.05, 4.69) is 19.2 Å². The summed E-state index contributed by atoms with van der Waals surface area (Å²) >= 11 is 4.16. The lowest BCUT2D eigenvalue weighted by molar-refractivity contribution is -0.382. The Morgan fingerprint density at radius 1 is 0.933 bits per heavy atom. The number of hydrogen-bond donors (Lipinski definition) is 2. The van der Waals surface area contributed by atoms with Crippen molar-refractivity contribution in [3.05, 3.63) is 37.1 Å². The molecule has 0 aromatic heterocycles. The summed E-state index contributed by atoms with van der Waals surface area (Å²) in [6, 6.07) is 7.51. The fraction of sp³-hybridized carbons (Fsp3) is 0.429. The number of hydrogen-bond acceptors (Lipinski definition) is 5. The number of rotatable bonds is 8. The number of alkyl halides is 9. The maximum atomic E-state index is 12.2. The normalized spacial score (nSPS) is 13.2. The predicted octanol–water partition coefficient (Wildman–Crippen LogP) is 4.81. The molecule has 1 N–H and O–H groups in total. The summed E-state index contributed by atoms with van der Waals surface area (Å²) in [6.45, 7) is 4.47. The molecule has 0 saturated carbocycles. The van der Waals surface area contributed by atoms with Crippen molar-refractivity contribution in [3.8, 4) is 5.75 Å². The molecule has 0 aliphatic heterocycles. The lowest BCUT2D eigenvalue weighted by atomic mass is 10.1. The molecule has 0 saturated heterocycles. The summed E-state index contributed by atoms with van der Waals surface area (Å²) in [6.07, 6.45) is -5.73. The van der Waals surface area contributed by atoms with Gasteiger partial charge in [0.2, 0.25) is 0 Å². The molecule has 0 bridgehead atoms. The minimum absolute atomic E-state index is 0.520. The third-order valence-corrected chi connectivity index (χ3v) is 4.07. The molecular formula is C14H13F9O5S2. The van der Waals surface area contributed by atoms with Crippen LogP contribution < -0.4 is 4.74 Å². The summed E-state index contributed by atoms with van der Waals surface area (Å²) in [4.78, 5) is 0.926. The first-order valence-corrected chi connectivity index (χ1v) is 9.03. The maximum Gasteiger partial charge on any atom is 0.460 e. The van der Waals surface area contributed by atoms with Crippen molar-refractivity contribution < 1.29 is 62.0 Å². The van der Waals surface area contributed by atoms with Gasteiger partial charge in [-0.3, -0.25) is 4.55 Å². The third kappa shape index (κ3) is 6.60. The second-order valence-corrected chi connectivity index (χ2v) is 7.00. The maximum absolute atomic E-state index is 12.2. The van der Waals surface area contributed by atoms with Gasteiger partial charge in [0.15, 0.2) is 0 Å². The summed E-state index contributed by atoms with van der Waals surface area (Å²) in [7, 11) is -7.17. The SMILES string of the molecule is C=COCCOc1ccc(S)cc1.O=S(=O)(O)C(F)(F)C(F)(F)C(F)(F)C(F)(F)F. The van der Waals surface area contributed by atoms with Crippen LogP contribution in [0.5, 0.6) is 5.75 Å². The highest BCUT2D eigenvalue weighted by Gasteiger charge is 2.85. The zero-order chi connectivity index (χ0) is 24.0. The van der Waals surface area contributed by atoms with E-state index in [0.717, 1.165) is 10.6 Å². The lowest BCUT2D eigenvalue weighted by Crippen LogP contribution is -2.63. The zero-order valence-corrected chi connectivity index (χ0v) is 16.1. The Hall–Kier alpha value is -1.81. The molecule has 0 spiro atoms. The molecule has 0 aliphatic carbocycles. The Balaban J connectivity index is 0.000000579. The molecule has 0 radical (unpaired) electrons. The van der Waals surface area contributed by atoms with Crippen LogP contribution in [-0.2, 0) is 14.9 Å². The molecule has 0 amide bonds. The van der Waals surface area contributed by atoms with Crippen molar-refractivity contribution in [3.63, 3.8) is 0 Å². The van der Waals surface area contributed by atoms with Crippen molar-refractivity contribution in [2.45, 2.75) is 28.2 Å². The van der Waals surface area contributed by atoms with Gasteiger partial charge in [-0.25, -0.2) is 0 Å². The van der Waals surface area contributed by atoms with Crippen LogP contribution in [-0.4, -0.2) is 49.5 Å². The van der Waals surface area contributed by atoms with E-state index in [1.807, 2.05) is 24.3 Å². The number of halogens is 9. The van der Waals surface area contributed by atoms with E-state index in [1.165, 1.54) is 6.26 Å². The minimum atomic E-state index is -7.37. The summed E-state index contributed by atoms with van der Waals surface area (Å²) in [5.74, 6) is -13.9. The van der Waals surface area contributed by atoms with E-state index < -0.39 is 33.4 Å². The molecule has 0 aliphatic rings. The van der Waals surface area contributed by atoms with Crippen LogP contribution >= 0.6 is 12.6 Å². The van der Waals surface area contributed by atoms with E-state index in [1.54, 1.807) is 0 Å². The highest BCUT2D eigenvalue weighted by molar-refractivity contribution is 7.87. The topological polar surface area (TPSA) is 72.8 Å². The fourth-order valence-electron chi connectivity index (χ4n) is 1.36. The Morgan fingerprint density at radius 3 is 1.77 bits per heavy atom. The van der Waals surface area contributed by atoms with Gasteiger partial charge in [-0.05, 0) is 24.3 Å². The van der Waals surface area contributed by atoms with E-state index >= 15 is 0 Å². The van der Waals surface area contributed by atoms with E-state index in [9.17, 15) is 47.9 Å². The van der Waals surface area contributed by atoms with Crippen LogP contribution in [0.25, 0.3) is 0 Å². The van der Waals surface area contributed by atoms with Gasteiger partial charge in [0.05, 0.1) is 6.26 Å². The fourth-order valence-corrected chi connectivity index (χ4v) is 1.96. The largest absolute Gasteiger partial charge is 0.498 e. The molecule has 1 rings (SSSR count). The molecule has 1 aromatic rings. The number of ether oxygens (including phenoxy) is 2. The second kappa shape index (κ2) is 10.00. The summed E-state index contributed by atoms with van der Waals surface area (Å²) < 4.78 is 144. The Bertz CT molecular complexity index is 793. The van der Waals surface area contributed by atoms with Gasteiger partial charge in [-0.1, -0.05) is 6.58 Å². The first-order chi connectivity index (χ1) is 13.3. The van der Waals surface area contributed by atoms with Gasteiger partial charge < -0.3 is 9.47 Å². The Morgan fingerprint density at radius 2 is 1.40 bits per heavy atom. The van der Waals surface area contributed by atoms with Crippen LogP contribution in [0.2, 0.25) is 0 Å². The molecule has 0 heterocycles. The summed E-state index contributed by atoms with van der Waals surface area (Å²) in [5.41, 5.74) is 0. The molecule has 1 aromatic carbocycles. The van der Waals surface area contributed by atoms with E-state index in [4.69, 9.17) is 14.0 Å². The van der Waals surface area contributed by atoms with Crippen LogP contribution in [0, 0.1) is 0 Å². The third-order valence-electron chi connectivity index (χ3n) is 2.86. The van der Waals surface area contributed by atoms with Gasteiger partial charge >= 0.3 is 33.4 Å². The van der Waals surface area contributed by atoms with Gasteiger partial charge in [0, 0.05) is 4.90 Å². The quantitative estimate of drug-likeness (QED) is 0.178.